The van der Waals surface area contributed by atoms with Gasteiger partial charge < -0.3 is 14.2 Å². The summed E-state index contributed by atoms with van der Waals surface area (Å²) in [6.45, 7) is 6.50. The first-order chi connectivity index (χ1) is 36.0. The van der Waals surface area contributed by atoms with Gasteiger partial charge in [0, 0.05) is 19.3 Å². The molecule has 0 aliphatic carbocycles. The van der Waals surface area contributed by atoms with Gasteiger partial charge in [0.1, 0.15) is 13.2 Å². The summed E-state index contributed by atoms with van der Waals surface area (Å²) in [5, 5.41) is 0. The van der Waals surface area contributed by atoms with Crippen molar-refractivity contribution >= 4 is 17.9 Å². The molecule has 0 aromatic carbocycles. The zero-order chi connectivity index (χ0) is 52.9. The number of hydrogen-bond donors (Lipinski definition) is 0. The van der Waals surface area contributed by atoms with Gasteiger partial charge >= 0.3 is 17.9 Å². The average Bonchev–Trinajstić information content (AvgIpc) is 3.39. The van der Waals surface area contributed by atoms with Crippen molar-refractivity contribution in [2.45, 2.75) is 309 Å². The van der Waals surface area contributed by atoms with Gasteiger partial charge in [-0.3, -0.25) is 14.4 Å². The molecule has 6 nitrogen and oxygen atoms in total. The second kappa shape index (κ2) is 61.1. The molecule has 73 heavy (non-hydrogen) atoms. The molecule has 420 valence electrons. The van der Waals surface area contributed by atoms with E-state index in [4.69, 9.17) is 14.2 Å². The number of rotatable bonds is 56. The van der Waals surface area contributed by atoms with Gasteiger partial charge in [0.25, 0.3) is 0 Å². The smallest absolute Gasteiger partial charge is 0.306 e. The second-order valence-electron chi connectivity index (χ2n) is 20.6. The number of hydrogen-bond acceptors (Lipinski definition) is 6. The maximum absolute atomic E-state index is 12.9. The fourth-order valence-corrected chi connectivity index (χ4v) is 8.74. The van der Waals surface area contributed by atoms with Crippen LogP contribution >= 0.6 is 0 Å². The van der Waals surface area contributed by atoms with Gasteiger partial charge in [0.2, 0.25) is 0 Å². The Morgan fingerprint density at radius 1 is 0.288 bits per heavy atom. The van der Waals surface area contributed by atoms with Gasteiger partial charge in [-0.15, -0.1) is 0 Å². The van der Waals surface area contributed by atoms with Crippen LogP contribution in [0.5, 0.6) is 0 Å². The highest BCUT2D eigenvalue weighted by Crippen LogP contribution is 2.16. The molecule has 0 heterocycles. The molecule has 0 rings (SSSR count). The topological polar surface area (TPSA) is 78.9 Å². The van der Waals surface area contributed by atoms with Crippen molar-refractivity contribution in [3.05, 3.63) is 85.1 Å². The highest BCUT2D eigenvalue weighted by Gasteiger charge is 2.19. The minimum Gasteiger partial charge on any atom is -0.462 e. The van der Waals surface area contributed by atoms with Gasteiger partial charge in [-0.25, -0.2) is 0 Å². The Labute approximate surface area is 452 Å². The lowest BCUT2D eigenvalue weighted by Gasteiger charge is -2.18. The van der Waals surface area contributed by atoms with E-state index in [0.717, 1.165) is 109 Å². The molecule has 0 saturated heterocycles. The molecule has 0 bridgehead atoms. The molecule has 0 spiro atoms. The number of ether oxygens (including phenoxy) is 3. The highest BCUT2D eigenvalue weighted by molar-refractivity contribution is 5.71. The van der Waals surface area contributed by atoms with Crippen LogP contribution in [-0.4, -0.2) is 37.2 Å². The van der Waals surface area contributed by atoms with Crippen molar-refractivity contribution in [2.24, 2.45) is 0 Å². The van der Waals surface area contributed by atoms with Gasteiger partial charge in [-0.1, -0.05) is 273 Å². The molecule has 0 radical (unpaired) electrons. The van der Waals surface area contributed by atoms with E-state index in [1.807, 2.05) is 0 Å². The Bertz CT molecular complexity index is 1400. The fourth-order valence-electron chi connectivity index (χ4n) is 8.74. The molecule has 1 atom stereocenters. The molecule has 0 aromatic rings. The predicted molar refractivity (Wildman–Crippen MR) is 316 cm³/mol. The summed E-state index contributed by atoms with van der Waals surface area (Å²) in [5.41, 5.74) is 0. The molecule has 0 aliphatic rings. The molecule has 0 unspecified atom stereocenters. The standard InChI is InChI=1S/C67H116O6/c1-4-7-10-13-16-19-22-25-28-31-33-36-38-41-44-47-50-53-56-59-65(68)71-62-64(73-67(70)61-58-55-52-49-46-43-40-35-30-27-24-21-18-15-12-9-6-3)63-72-66(69)60-57-54-51-48-45-42-39-37-34-32-29-26-23-20-17-14-11-8-5-2/h7,10,16,18-19,21,25,27-28,30,33,36,41,44,64H,4-6,8-9,11-15,17,20,22-24,26,29,31-32,34-35,37-40,42-43,45-63H2,1-3H3/b10-7-,19-16-,21-18-,28-25-,30-27-,36-33-,44-41-/t64-/m1/s1. The fraction of sp³-hybridized carbons (Fsp3) is 0.746. The number of esters is 3. The van der Waals surface area contributed by atoms with Crippen LogP contribution in [0.3, 0.4) is 0 Å². The zero-order valence-electron chi connectivity index (χ0n) is 48.1. The Hall–Kier alpha value is -3.41. The van der Waals surface area contributed by atoms with Crippen LogP contribution in [0.1, 0.15) is 303 Å². The van der Waals surface area contributed by atoms with Crippen molar-refractivity contribution in [2.75, 3.05) is 13.2 Å². The lowest BCUT2D eigenvalue weighted by molar-refractivity contribution is -0.167. The normalized spacial score (nSPS) is 12.6. The molecule has 6 heteroatoms. The van der Waals surface area contributed by atoms with Crippen molar-refractivity contribution in [3.8, 4) is 0 Å². The van der Waals surface area contributed by atoms with Crippen molar-refractivity contribution < 1.29 is 28.6 Å². The molecule has 0 aliphatic heterocycles. The number of carbonyl (C=O) groups excluding carboxylic acids is 3. The average molecular weight is 1020 g/mol. The summed E-state index contributed by atoms with van der Waals surface area (Å²) < 4.78 is 16.9. The lowest BCUT2D eigenvalue weighted by atomic mass is 10.0. The van der Waals surface area contributed by atoms with Gasteiger partial charge in [0.15, 0.2) is 6.10 Å². The van der Waals surface area contributed by atoms with Crippen LogP contribution in [-0.2, 0) is 28.6 Å². The summed E-state index contributed by atoms with van der Waals surface area (Å²) in [6, 6.07) is 0. The van der Waals surface area contributed by atoms with E-state index in [1.54, 1.807) is 0 Å². The van der Waals surface area contributed by atoms with Crippen molar-refractivity contribution in [3.63, 3.8) is 0 Å². The largest absolute Gasteiger partial charge is 0.462 e. The van der Waals surface area contributed by atoms with Gasteiger partial charge in [-0.2, -0.15) is 0 Å². The molecular formula is C67H116O6. The van der Waals surface area contributed by atoms with Gasteiger partial charge in [0.05, 0.1) is 0 Å². The first kappa shape index (κ1) is 69.6. The van der Waals surface area contributed by atoms with Gasteiger partial charge in [-0.05, 0) is 96.3 Å². The van der Waals surface area contributed by atoms with Crippen LogP contribution in [0.2, 0.25) is 0 Å². The van der Waals surface area contributed by atoms with Crippen LogP contribution in [0.4, 0.5) is 0 Å². The number of carbonyl (C=O) groups is 3. The van der Waals surface area contributed by atoms with E-state index in [2.05, 4.69) is 106 Å². The maximum Gasteiger partial charge on any atom is 0.306 e. The Morgan fingerprint density at radius 2 is 0.534 bits per heavy atom. The van der Waals surface area contributed by atoms with E-state index in [0.29, 0.717) is 19.3 Å². The monoisotopic (exact) mass is 1020 g/mol. The Balaban J connectivity index is 4.43. The predicted octanol–water partition coefficient (Wildman–Crippen LogP) is 21.1. The zero-order valence-corrected chi connectivity index (χ0v) is 48.1. The van der Waals surface area contributed by atoms with E-state index < -0.39 is 6.10 Å². The third-order valence-electron chi connectivity index (χ3n) is 13.4. The molecule has 0 aromatic heterocycles. The summed E-state index contributed by atoms with van der Waals surface area (Å²) in [6.07, 6.45) is 80.1. The van der Waals surface area contributed by atoms with Crippen LogP contribution in [0.15, 0.2) is 85.1 Å². The Morgan fingerprint density at radius 3 is 0.877 bits per heavy atom. The second-order valence-corrected chi connectivity index (χ2v) is 20.6. The first-order valence-electron chi connectivity index (χ1n) is 31.1. The van der Waals surface area contributed by atoms with Crippen molar-refractivity contribution in [1.29, 1.82) is 0 Å². The minimum atomic E-state index is -0.795. The molecule has 0 saturated carbocycles. The minimum absolute atomic E-state index is 0.0881. The van der Waals surface area contributed by atoms with Crippen LogP contribution in [0, 0.1) is 0 Å². The Kier molecular flexibility index (Phi) is 58.3. The van der Waals surface area contributed by atoms with E-state index in [-0.39, 0.29) is 31.1 Å². The van der Waals surface area contributed by atoms with Crippen LogP contribution < -0.4 is 0 Å². The third-order valence-corrected chi connectivity index (χ3v) is 13.4. The third kappa shape index (κ3) is 59.3. The molecule has 0 N–H and O–H groups in total. The highest BCUT2D eigenvalue weighted by atomic mass is 16.6. The molecular weight excluding hydrogens is 901 g/mol. The summed E-state index contributed by atoms with van der Waals surface area (Å²) in [4.78, 5) is 38.3. The van der Waals surface area contributed by atoms with E-state index in [9.17, 15) is 14.4 Å². The molecule has 0 amide bonds. The van der Waals surface area contributed by atoms with Crippen molar-refractivity contribution in [1.82, 2.24) is 0 Å². The summed E-state index contributed by atoms with van der Waals surface area (Å²) >= 11 is 0. The lowest BCUT2D eigenvalue weighted by Crippen LogP contribution is -2.30. The summed E-state index contributed by atoms with van der Waals surface area (Å²) in [5.74, 6) is -0.917. The van der Waals surface area contributed by atoms with E-state index in [1.165, 1.54) is 154 Å². The molecule has 0 fully saturated rings. The quantitative estimate of drug-likeness (QED) is 0.0261. The van der Waals surface area contributed by atoms with Crippen LogP contribution in [0.25, 0.3) is 0 Å². The number of unbranched alkanes of at least 4 members (excludes halogenated alkanes) is 31. The SMILES string of the molecule is CC/C=C\C/C=C\C/C=C\C/C=C\C/C=C\CCCCCC(=O)OC[C@H](COC(=O)CCCCCCCCCCCCCCCCCCCCC)OC(=O)CCCCCCCCC/C=C\C/C=C\CCCCC. The van der Waals surface area contributed by atoms with E-state index >= 15 is 0 Å². The number of allylic oxidation sites excluding steroid dienone is 14. The first-order valence-corrected chi connectivity index (χ1v) is 31.1. The summed E-state index contributed by atoms with van der Waals surface area (Å²) in [7, 11) is 0. The maximum atomic E-state index is 12.9.